The van der Waals surface area contributed by atoms with Gasteiger partial charge in [0, 0.05) is 22.8 Å². The van der Waals surface area contributed by atoms with E-state index < -0.39 is 10.0 Å². The normalized spacial score (nSPS) is 12.9. The summed E-state index contributed by atoms with van der Waals surface area (Å²) in [4.78, 5) is 1.98. The Morgan fingerprint density at radius 3 is 2.45 bits per heavy atom. The maximum atomic E-state index is 12.4. The van der Waals surface area contributed by atoms with Crippen molar-refractivity contribution >= 4 is 43.2 Å². The molecular formula is C12H19BrClN3O2S. The van der Waals surface area contributed by atoms with Crippen LogP contribution in [0.3, 0.4) is 0 Å². The Morgan fingerprint density at radius 1 is 1.40 bits per heavy atom. The van der Waals surface area contributed by atoms with Crippen LogP contribution in [-0.4, -0.2) is 39.5 Å². The van der Waals surface area contributed by atoms with Crippen LogP contribution >= 0.6 is 27.5 Å². The van der Waals surface area contributed by atoms with E-state index in [2.05, 4.69) is 20.7 Å². The summed E-state index contributed by atoms with van der Waals surface area (Å²) in [6.45, 7) is 4.15. The SMILES string of the molecule is CN(C)C(C)(C)CNS(=O)(=O)c1cc(Cl)cc(N)c1Br. The van der Waals surface area contributed by atoms with E-state index in [1.165, 1.54) is 12.1 Å². The molecule has 3 N–H and O–H groups in total. The lowest BCUT2D eigenvalue weighted by atomic mass is 10.1. The van der Waals surface area contributed by atoms with Gasteiger partial charge in [-0.2, -0.15) is 0 Å². The van der Waals surface area contributed by atoms with Crippen LogP contribution in [0.25, 0.3) is 0 Å². The molecule has 1 rings (SSSR count). The predicted molar refractivity (Wildman–Crippen MR) is 86.5 cm³/mol. The third-order valence-corrected chi connectivity index (χ3v) is 6.02. The molecule has 0 heterocycles. The summed E-state index contributed by atoms with van der Waals surface area (Å²) in [7, 11) is 0.0903. The molecule has 1 aromatic carbocycles. The van der Waals surface area contributed by atoms with Crippen molar-refractivity contribution in [3.05, 3.63) is 21.6 Å². The molecule has 0 saturated heterocycles. The molecule has 0 aliphatic heterocycles. The van der Waals surface area contributed by atoms with Crippen LogP contribution in [0.4, 0.5) is 5.69 Å². The molecular weight excluding hydrogens is 366 g/mol. The Kier molecular flexibility index (Phi) is 5.48. The van der Waals surface area contributed by atoms with E-state index >= 15 is 0 Å². The number of likely N-dealkylation sites (N-methyl/N-ethyl adjacent to an activating group) is 1. The first-order valence-corrected chi connectivity index (χ1v) is 8.54. The average Bonchev–Trinajstić information content (AvgIpc) is 2.31. The molecule has 0 aliphatic rings. The van der Waals surface area contributed by atoms with E-state index in [9.17, 15) is 8.42 Å². The summed E-state index contributed by atoms with van der Waals surface area (Å²) >= 11 is 9.05. The molecule has 0 fully saturated rings. The summed E-state index contributed by atoms with van der Waals surface area (Å²) in [6.07, 6.45) is 0. The minimum atomic E-state index is -3.69. The van der Waals surface area contributed by atoms with Crippen LogP contribution in [0.1, 0.15) is 13.8 Å². The van der Waals surface area contributed by atoms with Crippen molar-refractivity contribution in [2.24, 2.45) is 0 Å². The highest BCUT2D eigenvalue weighted by Gasteiger charge is 2.26. The second-order valence-electron chi connectivity index (χ2n) is 5.34. The van der Waals surface area contributed by atoms with Crippen LogP contribution in [0.2, 0.25) is 5.02 Å². The monoisotopic (exact) mass is 383 g/mol. The van der Waals surface area contributed by atoms with Crippen LogP contribution in [-0.2, 0) is 10.0 Å². The zero-order chi connectivity index (χ0) is 15.7. The van der Waals surface area contributed by atoms with Gasteiger partial charge >= 0.3 is 0 Å². The summed E-state index contributed by atoms with van der Waals surface area (Å²) in [5.74, 6) is 0. The summed E-state index contributed by atoms with van der Waals surface area (Å²) in [5, 5.41) is 0.276. The fourth-order valence-electron chi connectivity index (χ4n) is 1.29. The molecule has 0 aliphatic carbocycles. The lowest BCUT2D eigenvalue weighted by Gasteiger charge is -2.32. The van der Waals surface area contributed by atoms with Crippen molar-refractivity contribution in [3.63, 3.8) is 0 Å². The van der Waals surface area contributed by atoms with E-state index in [0.717, 1.165) is 0 Å². The van der Waals surface area contributed by atoms with Crippen molar-refractivity contribution < 1.29 is 8.42 Å². The zero-order valence-corrected chi connectivity index (χ0v) is 15.0. The van der Waals surface area contributed by atoms with Crippen molar-refractivity contribution in [3.8, 4) is 0 Å². The highest BCUT2D eigenvalue weighted by atomic mass is 79.9. The Hall–Kier alpha value is -0.340. The molecule has 1 aromatic rings. The van der Waals surface area contributed by atoms with E-state index in [0.29, 0.717) is 4.47 Å². The lowest BCUT2D eigenvalue weighted by Crippen LogP contribution is -2.48. The molecule has 0 spiro atoms. The molecule has 0 radical (unpaired) electrons. The standard InChI is InChI=1S/C12H19BrClN3O2S/c1-12(2,17(3)4)7-16-20(18,19)10-6-8(14)5-9(15)11(10)13/h5-6,16H,7,15H2,1-4H3. The number of rotatable bonds is 5. The second kappa shape index (κ2) is 6.19. The Balaban J connectivity index is 3.07. The van der Waals surface area contributed by atoms with Crippen LogP contribution < -0.4 is 10.5 Å². The largest absolute Gasteiger partial charge is 0.398 e. The molecule has 114 valence electrons. The topological polar surface area (TPSA) is 75.4 Å². The molecule has 0 amide bonds. The van der Waals surface area contributed by atoms with E-state index in [1.807, 2.05) is 32.8 Å². The Labute approximate surface area is 133 Å². The van der Waals surface area contributed by atoms with E-state index in [1.54, 1.807) is 0 Å². The minimum absolute atomic E-state index is 0.0389. The number of halogens is 2. The quantitative estimate of drug-likeness (QED) is 0.764. The zero-order valence-electron chi connectivity index (χ0n) is 11.9. The number of nitrogens with two attached hydrogens (primary N) is 1. The first kappa shape index (κ1) is 17.7. The summed E-state index contributed by atoms with van der Waals surface area (Å²) in [6, 6.07) is 2.86. The maximum absolute atomic E-state index is 12.4. The predicted octanol–water partition coefficient (Wildman–Crippen LogP) is 2.30. The molecule has 0 saturated carbocycles. The smallest absolute Gasteiger partial charge is 0.241 e. The number of hydrogen-bond donors (Lipinski definition) is 2. The van der Waals surface area contributed by atoms with Crippen LogP contribution in [0.5, 0.6) is 0 Å². The molecule has 0 atom stereocenters. The van der Waals surface area contributed by atoms with Crippen molar-refractivity contribution in [1.29, 1.82) is 0 Å². The number of nitrogens with zero attached hydrogens (tertiary/aromatic N) is 1. The number of benzene rings is 1. The second-order valence-corrected chi connectivity index (χ2v) is 8.30. The van der Waals surface area contributed by atoms with Gasteiger partial charge in [0.15, 0.2) is 0 Å². The van der Waals surface area contributed by atoms with Crippen molar-refractivity contribution in [2.75, 3.05) is 26.4 Å². The first-order valence-electron chi connectivity index (χ1n) is 5.89. The van der Waals surface area contributed by atoms with Crippen molar-refractivity contribution in [2.45, 2.75) is 24.3 Å². The number of nitrogen functional groups attached to an aromatic ring is 1. The third-order valence-electron chi connectivity index (χ3n) is 3.23. The van der Waals surface area contributed by atoms with Crippen LogP contribution in [0, 0.1) is 0 Å². The van der Waals surface area contributed by atoms with Crippen molar-refractivity contribution in [1.82, 2.24) is 9.62 Å². The van der Waals surface area contributed by atoms with Gasteiger partial charge in [0.25, 0.3) is 0 Å². The minimum Gasteiger partial charge on any atom is -0.398 e. The number of sulfonamides is 1. The summed E-state index contributed by atoms with van der Waals surface area (Å²) < 4.78 is 27.6. The molecule has 0 bridgehead atoms. The Bertz CT molecular complexity index is 603. The van der Waals surface area contributed by atoms with Gasteiger partial charge in [-0.25, -0.2) is 13.1 Å². The summed E-state index contributed by atoms with van der Waals surface area (Å²) in [5.41, 5.74) is 5.68. The molecule has 20 heavy (non-hydrogen) atoms. The number of hydrogen-bond acceptors (Lipinski definition) is 4. The van der Waals surface area contributed by atoms with Gasteiger partial charge < -0.3 is 10.6 Å². The van der Waals surface area contributed by atoms with E-state index in [4.69, 9.17) is 17.3 Å². The van der Waals surface area contributed by atoms with Gasteiger partial charge in [0.1, 0.15) is 0 Å². The molecule has 5 nitrogen and oxygen atoms in total. The highest BCUT2D eigenvalue weighted by Crippen LogP contribution is 2.31. The van der Waals surface area contributed by atoms with E-state index in [-0.39, 0.29) is 27.7 Å². The molecule has 0 unspecified atom stereocenters. The maximum Gasteiger partial charge on any atom is 0.241 e. The first-order chi connectivity index (χ1) is 8.97. The average molecular weight is 385 g/mol. The van der Waals surface area contributed by atoms with Crippen LogP contribution in [0.15, 0.2) is 21.5 Å². The van der Waals surface area contributed by atoms with Gasteiger partial charge in [-0.05, 0) is 56.0 Å². The third kappa shape index (κ3) is 4.08. The van der Waals surface area contributed by atoms with Gasteiger partial charge in [-0.1, -0.05) is 11.6 Å². The molecule has 0 aromatic heterocycles. The van der Waals surface area contributed by atoms with Gasteiger partial charge in [-0.15, -0.1) is 0 Å². The van der Waals surface area contributed by atoms with Gasteiger partial charge in [0.2, 0.25) is 10.0 Å². The highest BCUT2D eigenvalue weighted by molar-refractivity contribution is 9.10. The fourth-order valence-corrected chi connectivity index (χ4v) is 3.78. The lowest BCUT2D eigenvalue weighted by molar-refractivity contribution is 0.199. The van der Waals surface area contributed by atoms with Gasteiger partial charge in [0.05, 0.1) is 9.37 Å². The Morgan fingerprint density at radius 2 is 1.95 bits per heavy atom. The van der Waals surface area contributed by atoms with Gasteiger partial charge in [-0.3, -0.25) is 0 Å². The fraction of sp³-hybridized carbons (Fsp3) is 0.500. The molecule has 8 heteroatoms. The number of anilines is 1. The number of nitrogens with one attached hydrogen (secondary N) is 1.